The molecule has 0 aliphatic carbocycles. The molecule has 0 saturated carbocycles. The number of hydrogen-bond acceptors (Lipinski definition) is 6. The van der Waals surface area contributed by atoms with E-state index in [4.69, 9.17) is 9.26 Å². The molecule has 0 aromatic carbocycles. The number of carbonyl (C=O) groups excluding carboxylic acids is 1. The fourth-order valence-electron chi connectivity index (χ4n) is 2.59. The van der Waals surface area contributed by atoms with Crippen molar-refractivity contribution >= 4 is 23.0 Å². The minimum absolute atomic E-state index is 0.0170. The number of carboxylic acids is 1. The number of ether oxygens (including phenoxy) is 1. The maximum atomic E-state index is 12.8. The fraction of sp³-hybridized carbons (Fsp3) is 0.429. The average Bonchev–Trinajstić information content (AvgIpc) is 2.86. The molecule has 1 saturated heterocycles. The predicted molar refractivity (Wildman–Crippen MR) is 74.6 cm³/mol. The van der Waals surface area contributed by atoms with Crippen LogP contribution in [0.3, 0.4) is 0 Å². The second-order valence-electron chi connectivity index (χ2n) is 5.19. The van der Waals surface area contributed by atoms with Gasteiger partial charge in [-0.05, 0) is 19.9 Å². The summed E-state index contributed by atoms with van der Waals surface area (Å²) in [7, 11) is 0. The normalized spacial score (nSPS) is 18.6. The Morgan fingerprint density at radius 2 is 2.18 bits per heavy atom. The van der Waals surface area contributed by atoms with Crippen LogP contribution in [0.5, 0.6) is 0 Å². The van der Waals surface area contributed by atoms with E-state index < -0.39 is 12.0 Å². The minimum Gasteiger partial charge on any atom is -0.480 e. The first kappa shape index (κ1) is 14.5. The maximum Gasteiger partial charge on any atom is 0.328 e. The molecule has 2 aromatic heterocycles. The summed E-state index contributed by atoms with van der Waals surface area (Å²) in [4.78, 5) is 29.7. The van der Waals surface area contributed by atoms with Crippen molar-refractivity contribution in [2.45, 2.75) is 19.9 Å². The summed E-state index contributed by atoms with van der Waals surface area (Å²) >= 11 is 0. The SMILES string of the molecule is Cc1cc(C(=O)N2CCOCC2C(=O)O)c2c(C)noc2n1. The van der Waals surface area contributed by atoms with E-state index in [-0.39, 0.29) is 24.8 Å². The van der Waals surface area contributed by atoms with Gasteiger partial charge in [0.2, 0.25) is 0 Å². The van der Waals surface area contributed by atoms with Gasteiger partial charge in [-0.3, -0.25) is 4.79 Å². The van der Waals surface area contributed by atoms with Crippen LogP contribution in [0.1, 0.15) is 21.7 Å². The topological polar surface area (TPSA) is 106 Å². The number of hydrogen-bond donors (Lipinski definition) is 1. The van der Waals surface area contributed by atoms with Gasteiger partial charge >= 0.3 is 5.97 Å². The summed E-state index contributed by atoms with van der Waals surface area (Å²) in [6.45, 7) is 3.97. The Bertz CT molecular complexity index is 754. The quantitative estimate of drug-likeness (QED) is 0.873. The maximum absolute atomic E-state index is 12.8. The molecular formula is C14H15N3O5. The average molecular weight is 305 g/mol. The van der Waals surface area contributed by atoms with Gasteiger partial charge in [0.05, 0.1) is 29.9 Å². The number of fused-ring (bicyclic) bond motifs is 1. The van der Waals surface area contributed by atoms with E-state index in [2.05, 4.69) is 10.1 Å². The van der Waals surface area contributed by atoms with E-state index in [1.54, 1.807) is 19.9 Å². The van der Waals surface area contributed by atoms with Gasteiger partial charge in [0.1, 0.15) is 0 Å². The Morgan fingerprint density at radius 3 is 2.91 bits per heavy atom. The lowest BCUT2D eigenvalue weighted by Crippen LogP contribution is -2.52. The largest absolute Gasteiger partial charge is 0.480 e. The molecule has 1 aliphatic heterocycles. The van der Waals surface area contributed by atoms with E-state index >= 15 is 0 Å². The van der Waals surface area contributed by atoms with Crippen molar-refractivity contribution in [3.63, 3.8) is 0 Å². The van der Waals surface area contributed by atoms with Crippen molar-refractivity contribution in [2.75, 3.05) is 19.8 Å². The summed E-state index contributed by atoms with van der Waals surface area (Å²) in [6, 6.07) is 0.633. The molecule has 0 spiro atoms. The fourth-order valence-corrected chi connectivity index (χ4v) is 2.59. The number of rotatable bonds is 2. The van der Waals surface area contributed by atoms with E-state index in [1.165, 1.54) is 4.90 Å². The molecule has 1 N–H and O–H groups in total. The number of carboxylic acid groups (broad SMARTS) is 1. The number of nitrogens with zero attached hydrogens (tertiary/aromatic N) is 3. The van der Waals surface area contributed by atoms with Gasteiger partial charge in [-0.1, -0.05) is 5.16 Å². The predicted octanol–water partition coefficient (Wildman–Crippen LogP) is 0.765. The molecule has 0 radical (unpaired) electrons. The summed E-state index contributed by atoms with van der Waals surface area (Å²) < 4.78 is 10.3. The highest BCUT2D eigenvalue weighted by atomic mass is 16.5. The van der Waals surface area contributed by atoms with E-state index in [1.807, 2.05) is 0 Å². The van der Waals surface area contributed by atoms with Crippen molar-refractivity contribution in [3.8, 4) is 0 Å². The molecule has 2 aromatic rings. The molecule has 3 heterocycles. The number of aryl methyl sites for hydroxylation is 2. The van der Waals surface area contributed by atoms with Crippen LogP contribution >= 0.6 is 0 Å². The van der Waals surface area contributed by atoms with Crippen LogP contribution in [0.2, 0.25) is 0 Å². The monoisotopic (exact) mass is 305 g/mol. The Kier molecular flexibility index (Phi) is 3.53. The first-order chi connectivity index (χ1) is 10.5. The zero-order valence-corrected chi connectivity index (χ0v) is 12.2. The van der Waals surface area contributed by atoms with Crippen LogP contribution < -0.4 is 0 Å². The van der Waals surface area contributed by atoms with Crippen LogP contribution in [-0.4, -0.2) is 57.8 Å². The summed E-state index contributed by atoms with van der Waals surface area (Å²) in [5.74, 6) is -1.46. The number of morpholine rings is 1. The molecular weight excluding hydrogens is 290 g/mol. The first-order valence-corrected chi connectivity index (χ1v) is 6.84. The Labute approximate surface area is 125 Å². The van der Waals surface area contributed by atoms with Crippen molar-refractivity contribution in [1.82, 2.24) is 15.0 Å². The number of aromatic nitrogens is 2. The molecule has 3 rings (SSSR count). The van der Waals surface area contributed by atoms with Gasteiger partial charge in [0.15, 0.2) is 6.04 Å². The molecule has 1 unspecified atom stereocenters. The highest BCUT2D eigenvalue weighted by Gasteiger charge is 2.34. The van der Waals surface area contributed by atoms with Crippen LogP contribution in [0.15, 0.2) is 10.6 Å². The van der Waals surface area contributed by atoms with Crippen molar-refractivity contribution < 1.29 is 24.0 Å². The van der Waals surface area contributed by atoms with Crippen LogP contribution in [0.25, 0.3) is 11.1 Å². The van der Waals surface area contributed by atoms with Crippen LogP contribution in [-0.2, 0) is 9.53 Å². The smallest absolute Gasteiger partial charge is 0.328 e. The third-order valence-electron chi connectivity index (χ3n) is 3.65. The van der Waals surface area contributed by atoms with E-state index in [0.717, 1.165) is 0 Å². The van der Waals surface area contributed by atoms with E-state index in [0.29, 0.717) is 28.9 Å². The molecule has 1 amide bonds. The highest BCUT2D eigenvalue weighted by Crippen LogP contribution is 2.24. The van der Waals surface area contributed by atoms with Gasteiger partial charge in [0, 0.05) is 12.2 Å². The van der Waals surface area contributed by atoms with Crippen LogP contribution in [0, 0.1) is 13.8 Å². The second-order valence-corrected chi connectivity index (χ2v) is 5.19. The van der Waals surface area contributed by atoms with Gasteiger partial charge in [-0.2, -0.15) is 0 Å². The zero-order chi connectivity index (χ0) is 15.9. The summed E-state index contributed by atoms with van der Waals surface area (Å²) in [5, 5.41) is 13.6. The molecule has 1 atom stereocenters. The molecule has 1 aliphatic rings. The minimum atomic E-state index is -1.09. The third-order valence-corrected chi connectivity index (χ3v) is 3.65. The number of carbonyl (C=O) groups is 2. The number of aliphatic carboxylic acids is 1. The Morgan fingerprint density at radius 1 is 1.41 bits per heavy atom. The molecule has 1 fully saturated rings. The van der Waals surface area contributed by atoms with Crippen LogP contribution in [0.4, 0.5) is 0 Å². The molecule has 8 nitrogen and oxygen atoms in total. The van der Waals surface area contributed by atoms with Gasteiger partial charge in [-0.15, -0.1) is 0 Å². The first-order valence-electron chi connectivity index (χ1n) is 6.84. The molecule has 22 heavy (non-hydrogen) atoms. The number of pyridine rings is 1. The van der Waals surface area contributed by atoms with Crippen molar-refractivity contribution in [3.05, 3.63) is 23.0 Å². The Balaban J connectivity index is 2.08. The Hall–Kier alpha value is -2.48. The molecule has 0 bridgehead atoms. The standard InChI is InChI=1S/C14H15N3O5/c1-7-5-9(11-8(2)16-22-12(11)15-7)13(18)17-3-4-21-6-10(17)14(19)20/h5,10H,3-4,6H2,1-2H3,(H,19,20). The van der Waals surface area contributed by atoms with Gasteiger partial charge in [-0.25, -0.2) is 9.78 Å². The lowest BCUT2D eigenvalue weighted by atomic mass is 10.1. The lowest BCUT2D eigenvalue weighted by molar-refractivity contribution is -0.147. The third kappa shape index (κ3) is 2.31. The summed E-state index contributed by atoms with van der Waals surface area (Å²) in [6.07, 6.45) is 0. The van der Waals surface area contributed by atoms with E-state index in [9.17, 15) is 14.7 Å². The van der Waals surface area contributed by atoms with Gasteiger partial charge in [0.25, 0.3) is 11.6 Å². The zero-order valence-electron chi connectivity index (χ0n) is 12.2. The van der Waals surface area contributed by atoms with Gasteiger partial charge < -0.3 is 19.3 Å². The summed E-state index contributed by atoms with van der Waals surface area (Å²) in [5.41, 5.74) is 1.79. The molecule has 116 valence electrons. The molecule has 8 heteroatoms. The van der Waals surface area contributed by atoms with Crippen molar-refractivity contribution in [2.24, 2.45) is 0 Å². The second kappa shape index (κ2) is 5.38. The van der Waals surface area contributed by atoms with Crippen molar-refractivity contribution in [1.29, 1.82) is 0 Å². The number of amides is 1. The lowest BCUT2D eigenvalue weighted by Gasteiger charge is -2.33. The highest BCUT2D eigenvalue weighted by molar-refractivity contribution is 6.07.